The minimum Gasteiger partial charge on any atom is -0.378 e. The smallest absolute Gasteiger partial charge is 0.363 e. The number of anilines is 1. The van der Waals surface area contributed by atoms with Gasteiger partial charge in [-0.2, -0.15) is 11.8 Å². The summed E-state index contributed by atoms with van der Waals surface area (Å²) in [5.41, 5.74) is 0.867. The first-order chi connectivity index (χ1) is 8.70. The Hall–Kier alpha value is -1.30. The van der Waals surface area contributed by atoms with Gasteiger partial charge in [-0.05, 0) is 35.1 Å². The lowest BCUT2D eigenvalue weighted by atomic mass is 9.95. The van der Waals surface area contributed by atoms with Gasteiger partial charge in [-0.15, -0.1) is 0 Å². The van der Waals surface area contributed by atoms with Crippen LogP contribution < -0.4 is 5.32 Å². The fourth-order valence-electron chi connectivity index (χ4n) is 2.34. The van der Waals surface area contributed by atoms with Gasteiger partial charge in [0.1, 0.15) is 0 Å². The second kappa shape index (κ2) is 6.04. The quantitative estimate of drug-likeness (QED) is 0.670. The van der Waals surface area contributed by atoms with Crippen molar-refractivity contribution >= 4 is 23.3 Å². The first kappa shape index (κ1) is 13.1. The Morgan fingerprint density at radius 1 is 1.44 bits per heavy atom. The van der Waals surface area contributed by atoms with E-state index in [-0.39, 0.29) is 5.82 Å². The predicted octanol–water partition coefficient (Wildman–Crippen LogP) is 3.08. The maximum absolute atomic E-state index is 10.5. The largest absolute Gasteiger partial charge is 0.378 e. The number of nitrogens with one attached hydrogen (secondary N) is 1. The number of hydrogen-bond acceptors (Lipinski definition) is 5. The molecule has 6 heteroatoms. The number of aromatic nitrogens is 1. The number of pyridine rings is 1. The van der Waals surface area contributed by atoms with Gasteiger partial charge in [0, 0.05) is 17.4 Å². The molecular formula is C12H17N3O2S. The molecule has 1 fully saturated rings. The average molecular weight is 267 g/mol. The van der Waals surface area contributed by atoms with E-state index in [4.69, 9.17) is 0 Å². The number of rotatable bonds is 4. The van der Waals surface area contributed by atoms with Gasteiger partial charge in [0.05, 0.1) is 5.69 Å². The van der Waals surface area contributed by atoms with Crippen molar-refractivity contribution in [3.8, 4) is 0 Å². The molecule has 2 rings (SSSR count). The maximum atomic E-state index is 10.5. The summed E-state index contributed by atoms with van der Waals surface area (Å²) in [6.07, 6.45) is 8.61. The highest BCUT2D eigenvalue weighted by Crippen LogP contribution is 2.29. The van der Waals surface area contributed by atoms with Crippen molar-refractivity contribution in [3.63, 3.8) is 0 Å². The van der Waals surface area contributed by atoms with Crippen molar-refractivity contribution < 1.29 is 4.92 Å². The highest BCUT2D eigenvalue weighted by molar-refractivity contribution is 7.99. The summed E-state index contributed by atoms with van der Waals surface area (Å²) in [6.45, 7) is 0. The van der Waals surface area contributed by atoms with Gasteiger partial charge in [0.25, 0.3) is 0 Å². The normalized spacial score (nSPS) is 23.6. The van der Waals surface area contributed by atoms with Crippen LogP contribution in [-0.4, -0.2) is 27.5 Å². The Morgan fingerprint density at radius 2 is 2.22 bits per heavy atom. The van der Waals surface area contributed by atoms with E-state index in [2.05, 4.69) is 16.6 Å². The predicted molar refractivity (Wildman–Crippen MR) is 74.1 cm³/mol. The molecule has 1 aromatic heterocycles. The average Bonchev–Trinajstić information content (AvgIpc) is 2.40. The van der Waals surface area contributed by atoms with E-state index in [1.54, 1.807) is 12.3 Å². The van der Waals surface area contributed by atoms with Crippen LogP contribution >= 0.6 is 11.8 Å². The second-order valence-corrected chi connectivity index (χ2v) is 5.55. The molecule has 2 atom stereocenters. The van der Waals surface area contributed by atoms with Gasteiger partial charge in [0.2, 0.25) is 0 Å². The number of nitrogens with zero attached hydrogens (tertiary/aromatic N) is 2. The third-order valence-electron chi connectivity index (χ3n) is 3.29. The first-order valence-corrected chi connectivity index (χ1v) is 7.39. The molecule has 0 aliphatic heterocycles. The van der Waals surface area contributed by atoms with E-state index in [0.29, 0.717) is 11.3 Å². The van der Waals surface area contributed by atoms with Crippen LogP contribution in [-0.2, 0) is 0 Å². The summed E-state index contributed by atoms with van der Waals surface area (Å²) < 4.78 is 0. The van der Waals surface area contributed by atoms with Crippen LogP contribution in [0.4, 0.5) is 11.5 Å². The molecule has 1 N–H and O–H groups in total. The van der Waals surface area contributed by atoms with Crippen molar-refractivity contribution in [1.82, 2.24) is 4.98 Å². The molecular weight excluding hydrogens is 250 g/mol. The Bertz CT molecular complexity index is 410. The monoisotopic (exact) mass is 267 g/mol. The second-order valence-electron chi connectivity index (χ2n) is 4.47. The van der Waals surface area contributed by atoms with E-state index in [0.717, 1.165) is 12.1 Å². The third kappa shape index (κ3) is 3.13. The minimum absolute atomic E-state index is 0.106. The molecule has 1 aliphatic rings. The van der Waals surface area contributed by atoms with Crippen LogP contribution in [0.1, 0.15) is 25.7 Å². The fraction of sp³-hybridized carbons (Fsp3) is 0.583. The van der Waals surface area contributed by atoms with Crippen molar-refractivity contribution in [1.29, 1.82) is 0 Å². The molecule has 0 amide bonds. The van der Waals surface area contributed by atoms with Gasteiger partial charge in [-0.25, -0.2) is 0 Å². The molecule has 0 spiro atoms. The molecule has 0 aromatic carbocycles. The van der Waals surface area contributed by atoms with E-state index in [9.17, 15) is 10.1 Å². The Kier molecular flexibility index (Phi) is 4.41. The van der Waals surface area contributed by atoms with Crippen LogP contribution in [0.2, 0.25) is 0 Å². The summed E-state index contributed by atoms with van der Waals surface area (Å²) in [5, 5.41) is 14.6. The summed E-state index contributed by atoms with van der Waals surface area (Å²) in [6, 6.07) is 3.62. The van der Waals surface area contributed by atoms with Gasteiger partial charge >= 0.3 is 5.82 Å². The molecule has 18 heavy (non-hydrogen) atoms. The Morgan fingerprint density at radius 3 is 2.83 bits per heavy atom. The molecule has 0 radical (unpaired) electrons. The molecule has 0 saturated heterocycles. The SMILES string of the molecule is CSC1CCCCC1Nc1ccc([N+](=O)[O-])nc1. The lowest BCUT2D eigenvalue weighted by molar-refractivity contribution is -0.389. The van der Waals surface area contributed by atoms with Crippen molar-refractivity contribution in [3.05, 3.63) is 28.4 Å². The topological polar surface area (TPSA) is 68.1 Å². The summed E-state index contributed by atoms with van der Waals surface area (Å²) in [7, 11) is 0. The Balaban J connectivity index is 2.01. The summed E-state index contributed by atoms with van der Waals surface area (Å²) >= 11 is 1.89. The van der Waals surface area contributed by atoms with Crippen LogP contribution in [0.25, 0.3) is 0 Å². The zero-order valence-corrected chi connectivity index (χ0v) is 11.2. The molecule has 2 unspecified atom stereocenters. The number of hydrogen-bond donors (Lipinski definition) is 1. The van der Waals surface area contributed by atoms with Crippen LogP contribution in [0, 0.1) is 10.1 Å². The van der Waals surface area contributed by atoms with E-state index >= 15 is 0 Å². The molecule has 5 nitrogen and oxygen atoms in total. The van der Waals surface area contributed by atoms with Gasteiger partial charge < -0.3 is 15.4 Å². The standard InChI is InChI=1S/C12H17N3O2S/c1-18-11-5-3-2-4-10(11)14-9-6-7-12(13-8-9)15(16)17/h6-8,10-11,14H,2-5H2,1H3. The van der Waals surface area contributed by atoms with E-state index in [1.165, 1.54) is 25.3 Å². The van der Waals surface area contributed by atoms with Crippen molar-refractivity contribution in [2.75, 3.05) is 11.6 Å². The van der Waals surface area contributed by atoms with Crippen LogP contribution in [0.15, 0.2) is 18.3 Å². The maximum Gasteiger partial charge on any atom is 0.363 e. The lowest BCUT2D eigenvalue weighted by Gasteiger charge is -2.31. The number of thioether (sulfide) groups is 1. The molecule has 0 bridgehead atoms. The van der Waals surface area contributed by atoms with Crippen LogP contribution in [0.5, 0.6) is 0 Å². The Labute approximate surface area is 111 Å². The summed E-state index contributed by atoms with van der Waals surface area (Å²) in [4.78, 5) is 13.9. The van der Waals surface area contributed by atoms with E-state index < -0.39 is 4.92 Å². The zero-order valence-electron chi connectivity index (χ0n) is 10.3. The fourth-order valence-corrected chi connectivity index (χ4v) is 3.27. The molecule has 98 valence electrons. The van der Waals surface area contributed by atoms with Gasteiger partial charge in [-0.3, -0.25) is 0 Å². The van der Waals surface area contributed by atoms with Crippen molar-refractivity contribution in [2.45, 2.75) is 37.0 Å². The summed E-state index contributed by atoms with van der Waals surface area (Å²) in [5.74, 6) is -0.106. The lowest BCUT2D eigenvalue weighted by Crippen LogP contribution is -2.34. The van der Waals surface area contributed by atoms with Crippen molar-refractivity contribution in [2.24, 2.45) is 0 Å². The molecule has 1 aliphatic carbocycles. The molecule has 1 saturated carbocycles. The highest BCUT2D eigenvalue weighted by atomic mass is 32.2. The molecule has 1 aromatic rings. The van der Waals surface area contributed by atoms with Gasteiger partial charge in [0.15, 0.2) is 6.20 Å². The minimum atomic E-state index is -0.477. The third-order valence-corrected chi connectivity index (χ3v) is 4.46. The number of nitro groups is 1. The molecule has 1 heterocycles. The van der Waals surface area contributed by atoms with Crippen LogP contribution in [0.3, 0.4) is 0 Å². The van der Waals surface area contributed by atoms with Gasteiger partial charge in [-0.1, -0.05) is 12.8 Å². The van der Waals surface area contributed by atoms with E-state index in [1.807, 2.05) is 11.8 Å². The first-order valence-electron chi connectivity index (χ1n) is 6.10. The zero-order chi connectivity index (χ0) is 13.0. The highest BCUT2D eigenvalue weighted by Gasteiger charge is 2.24.